The molecule has 0 unspecified atom stereocenters. The Balaban J connectivity index is 3.66. The van der Waals surface area contributed by atoms with Gasteiger partial charge in [-0.05, 0) is 25.0 Å². The number of unbranched alkanes of at least 4 members (excludes halogenated alkanes) is 1. The topological polar surface area (TPSA) is 71.4 Å². The first kappa shape index (κ1) is 18.6. The third-order valence-corrected chi connectivity index (χ3v) is 5.60. The highest BCUT2D eigenvalue weighted by molar-refractivity contribution is 7.91. The summed E-state index contributed by atoms with van der Waals surface area (Å²) in [4.78, 5) is 11.0. The minimum Gasteiger partial charge on any atom is -0.478 e. The van der Waals surface area contributed by atoms with Gasteiger partial charge in [-0.2, -0.15) is 0 Å². The summed E-state index contributed by atoms with van der Waals surface area (Å²) in [6.45, 7) is 3.26. The summed E-state index contributed by atoms with van der Waals surface area (Å²) in [6, 6.07) is 2.48. The van der Waals surface area contributed by atoms with Crippen LogP contribution in [0.3, 0.4) is 0 Å². The summed E-state index contributed by atoms with van der Waals surface area (Å²) < 4.78 is 23.0. The largest absolute Gasteiger partial charge is 0.478 e. The van der Waals surface area contributed by atoms with Gasteiger partial charge in [0.1, 0.15) is 0 Å². The van der Waals surface area contributed by atoms with Crippen LogP contribution < -0.4 is 0 Å². The number of hydrogen-bond donors (Lipinski definition) is 1. The van der Waals surface area contributed by atoms with E-state index in [1.54, 1.807) is 0 Å². The van der Waals surface area contributed by atoms with E-state index in [0.717, 1.165) is 0 Å². The molecule has 0 aliphatic rings. The molecule has 0 aromatic heterocycles. The first-order chi connectivity index (χ1) is 9.52. The molecule has 0 spiro atoms. The van der Waals surface area contributed by atoms with Gasteiger partial charge in [-0.3, -0.25) is 0 Å². The number of aromatic carboxylic acids is 1. The quantitative estimate of drug-likeness (QED) is 0.789. The Morgan fingerprint density at radius 2 is 1.86 bits per heavy atom. The molecule has 0 radical (unpaired) electrons. The van der Waals surface area contributed by atoms with E-state index >= 15 is 0 Å². The fraction of sp³-hybridized carbons (Fsp3) is 0.462. The monoisotopic (exact) mass is 372 g/mol. The third kappa shape index (κ3) is 4.25. The van der Waals surface area contributed by atoms with Crippen molar-refractivity contribution in [1.82, 2.24) is 0 Å². The number of carboxylic acid groups (broad SMARTS) is 1. The van der Waals surface area contributed by atoms with Crippen molar-refractivity contribution in [3.8, 4) is 0 Å². The van der Waals surface area contributed by atoms with Crippen molar-refractivity contribution in [3.05, 3.63) is 28.8 Å². The van der Waals surface area contributed by atoms with E-state index in [1.165, 1.54) is 19.1 Å². The summed E-state index contributed by atoms with van der Waals surface area (Å²) in [5.41, 5.74) is -0.0587. The second kappa shape index (κ2) is 6.73. The van der Waals surface area contributed by atoms with Gasteiger partial charge in [-0.1, -0.05) is 54.2 Å². The van der Waals surface area contributed by atoms with Crippen LogP contribution in [0.15, 0.2) is 17.0 Å². The molecule has 0 atom stereocenters. The van der Waals surface area contributed by atoms with Crippen LogP contribution in [-0.4, -0.2) is 25.2 Å². The predicted octanol–water partition coefficient (Wildman–Crippen LogP) is 4.09. The molecule has 0 amide bonds. The normalized spacial score (nSPS) is 12.4. The number of hydrogen-bond acceptors (Lipinski definition) is 3. The van der Waals surface area contributed by atoms with Gasteiger partial charge < -0.3 is 5.11 Å². The van der Waals surface area contributed by atoms with E-state index in [-0.39, 0.29) is 27.3 Å². The Labute approximate surface area is 138 Å². The Hall–Kier alpha value is -0.490. The van der Waals surface area contributed by atoms with Crippen molar-refractivity contribution in [1.29, 1.82) is 0 Å². The molecule has 1 rings (SSSR count). The maximum atomic E-state index is 12.5. The maximum Gasteiger partial charge on any atom is 0.335 e. The van der Waals surface area contributed by atoms with Crippen molar-refractivity contribution in [2.75, 3.05) is 5.75 Å². The predicted molar refractivity (Wildman–Crippen MR) is 84.3 cm³/mol. The van der Waals surface area contributed by atoms with Crippen LogP contribution in [0.1, 0.15) is 41.3 Å². The number of carboxylic acids is 1. The average Bonchev–Trinajstić information content (AvgIpc) is 2.34. The summed E-state index contributed by atoms with van der Waals surface area (Å²) in [7, 11) is -3.74. The highest BCUT2D eigenvalue weighted by Gasteiger charge is 2.34. The molecule has 1 N–H and O–H groups in total. The van der Waals surface area contributed by atoms with Crippen LogP contribution in [0.5, 0.6) is 0 Å². The average molecular weight is 374 g/mol. The Kier molecular flexibility index (Phi) is 5.95. The van der Waals surface area contributed by atoms with Gasteiger partial charge >= 0.3 is 5.97 Å². The smallest absolute Gasteiger partial charge is 0.335 e. The molecule has 1 aromatic rings. The molecule has 0 saturated heterocycles. The van der Waals surface area contributed by atoms with Crippen LogP contribution >= 0.6 is 34.8 Å². The zero-order valence-corrected chi connectivity index (χ0v) is 14.6. The van der Waals surface area contributed by atoms with Crippen LogP contribution in [-0.2, 0) is 13.6 Å². The second-order valence-electron chi connectivity index (χ2n) is 4.59. The van der Waals surface area contributed by atoms with Crippen molar-refractivity contribution in [2.24, 2.45) is 0 Å². The highest BCUT2D eigenvalue weighted by Crippen LogP contribution is 2.43. The molecule has 1 aromatic carbocycles. The van der Waals surface area contributed by atoms with Gasteiger partial charge in [0.2, 0.25) is 3.79 Å². The third-order valence-electron chi connectivity index (χ3n) is 3.02. The van der Waals surface area contributed by atoms with Crippen molar-refractivity contribution >= 4 is 50.6 Å². The first-order valence-electron chi connectivity index (χ1n) is 6.19. The minimum absolute atomic E-state index is 0.0221. The minimum atomic E-state index is -3.74. The van der Waals surface area contributed by atoms with E-state index in [0.29, 0.717) is 12.8 Å². The maximum absolute atomic E-state index is 12.5. The number of halogens is 3. The van der Waals surface area contributed by atoms with Gasteiger partial charge in [0.15, 0.2) is 9.84 Å². The van der Waals surface area contributed by atoms with Gasteiger partial charge in [0.05, 0.1) is 16.2 Å². The van der Waals surface area contributed by atoms with Crippen LogP contribution in [0.4, 0.5) is 0 Å². The standard InChI is InChI=1S/C13H15Cl3O4S/c1-3-4-7-21(19,20)11-8(2)9(12(17)18)5-6-10(11)13(14,15)16/h5-6H,3-4,7H2,1-2H3,(H,17,18). The lowest BCUT2D eigenvalue weighted by atomic mass is 10.1. The summed E-state index contributed by atoms with van der Waals surface area (Å²) in [5, 5.41) is 9.13. The molecule has 118 valence electrons. The highest BCUT2D eigenvalue weighted by atomic mass is 35.6. The van der Waals surface area contributed by atoms with E-state index in [9.17, 15) is 13.2 Å². The Bertz CT molecular complexity index is 648. The van der Waals surface area contributed by atoms with Gasteiger partial charge in [0.25, 0.3) is 0 Å². The Morgan fingerprint density at radius 3 is 2.29 bits per heavy atom. The molecule has 0 fully saturated rings. The summed E-state index contributed by atoms with van der Waals surface area (Å²) in [5.74, 6) is -1.35. The second-order valence-corrected chi connectivity index (χ2v) is 8.92. The van der Waals surface area contributed by atoms with Crippen LogP contribution in [0, 0.1) is 6.92 Å². The SMILES string of the molecule is CCCCS(=O)(=O)c1c(C(Cl)(Cl)Cl)ccc(C(=O)O)c1C. The summed E-state index contributed by atoms with van der Waals surface area (Å²) >= 11 is 17.5. The number of carbonyl (C=O) groups is 1. The summed E-state index contributed by atoms with van der Waals surface area (Å²) in [6.07, 6.45) is 1.12. The lowest BCUT2D eigenvalue weighted by Crippen LogP contribution is -2.17. The van der Waals surface area contributed by atoms with Crippen molar-refractivity contribution in [3.63, 3.8) is 0 Å². The number of alkyl halides is 3. The van der Waals surface area contributed by atoms with Gasteiger partial charge in [-0.15, -0.1) is 0 Å². The van der Waals surface area contributed by atoms with E-state index in [4.69, 9.17) is 39.9 Å². The number of benzene rings is 1. The molecular formula is C13H15Cl3O4S. The molecule has 0 heterocycles. The van der Waals surface area contributed by atoms with E-state index in [1.807, 2.05) is 6.92 Å². The van der Waals surface area contributed by atoms with Gasteiger partial charge in [0, 0.05) is 5.56 Å². The molecule has 0 bridgehead atoms. The van der Waals surface area contributed by atoms with Crippen molar-refractivity contribution in [2.45, 2.75) is 35.4 Å². The van der Waals surface area contributed by atoms with E-state index < -0.39 is 19.6 Å². The van der Waals surface area contributed by atoms with Crippen LogP contribution in [0.25, 0.3) is 0 Å². The zero-order valence-electron chi connectivity index (χ0n) is 11.5. The fourth-order valence-corrected chi connectivity index (χ4v) is 4.63. The first-order valence-corrected chi connectivity index (χ1v) is 8.97. The number of sulfone groups is 1. The van der Waals surface area contributed by atoms with E-state index in [2.05, 4.69) is 0 Å². The molecular weight excluding hydrogens is 359 g/mol. The van der Waals surface area contributed by atoms with Gasteiger partial charge in [-0.25, -0.2) is 13.2 Å². The lowest BCUT2D eigenvalue weighted by Gasteiger charge is -2.20. The molecule has 0 aliphatic carbocycles. The number of rotatable bonds is 5. The molecule has 21 heavy (non-hydrogen) atoms. The Morgan fingerprint density at radius 1 is 1.29 bits per heavy atom. The van der Waals surface area contributed by atoms with Crippen molar-refractivity contribution < 1.29 is 18.3 Å². The molecule has 8 heteroatoms. The molecule has 4 nitrogen and oxygen atoms in total. The van der Waals surface area contributed by atoms with Crippen LogP contribution in [0.2, 0.25) is 0 Å². The zero-order chi connectivity index (χ0) is 16.4. The molecule has 0 saturated carbocycles. The molecule has 0 aliphatic heterocycles. The lowest BCUT2D eigenvalue weighted by molar-refractivity contribution is 0.0696. The fourth-order valence-electron chi connectivity index (χ4n) is 1.98.